The molecule has 8 heteroatoms. The summed E-state index contributed by atoms with van der Waals surface area (Å²) in [4.78, 5) is 7.13. The van der Waals surface area contributed by atoms with E-state index in [1.807, 2.05) is 33.9 Å². The Balaban J connectivity index is 1.52. The predicted octanol–water partition coefficient (Wildman–Crippen LogP) is 3.71. The molecule has 4 rings (SSSR count). The van der Waals surface area contributed by atoms with Gasteiger partial charge in [0.15, 0.2) is 5.82 Å². The van der Waals surface area contributed by atoms with Crippen LogP contribution in [0.1, 0.15) is 46.5 Å². The summed E-state index contributed by atoms with van der Waals surface area (Å²) in [6, 6.07) is 5.18. The third-order valence-corrected chi connectivity index (χ3v) is 5.68. The van der Waals surface area contributed by atoms with E-state index in [-0.39, 0.29) is 5.54 Å². The van der Waals surface area contributed by atoms with Crippen molar-refractivity contribution in [3.63, 3.8) is 0 Å². The Kier molecular flexibility index (Phi) is 5.21. The predicted molar refractivity (Wildman–Crippen MR) is 117 cm³/mol. The van der Waals surface area contributed by atoms with Crippen molar-refractivity contribution in [1.29, 1.82) is 0 Å². The van der Waals surface area contributed by atoms with Crippen LogP contribution in [0.3, 0.4) is 0 Å². The first-order valence-corrected chi connectivity index (χ1v) is 10.4. The summed E-state index contributed by atoms with van der Waals surface area (Å²) >= 11 is 0. The zero-order valence-corrected chi connectivity index (χ0v) is 18.1. The molecule has 1 aliphatic carbocycles. The van der Waals surface area contributed by atoms with Crippen molar-refractivity contribution in [2.45, 2.75) is 64.1 Å². The Morgan fingerprint density at radius 3 is 2.55 bits per heavy atom. The summed E-state index contributed by atoms with van der Waals surface area (Å²) in [6.07, 6.45) is 10.5. The van der Waals surface area contributed by atoms with Crippen LogP contribution in [0.2, 0.25) is 0 Å². The van der Waals surface area contributed by atoms with Gasteiger partial charge in [0.05, 0.1) is 17.4 Å². The maximum Gasteiger partial charge on any atom is 0.247 e. The van der Waals surface area contributed by atoms with Gasteiger partial charge in [0.2, 0.25) is 5.95 Å². The summed E-state index contributed by atoms with van der Waals surface area (Å²) in [5, 5.41) is 16.0. The van der Waals surface area contributed by atoms with Crippen molar-refractivity contribution in [3.8, 4) is 0 Å². The summed E-state index contributed by atoms with van der Waals surface area (Å²) in [5.41, 5.74) is 1.81. The highest BCUT2D eigenvalue weighted by Crippen LogP contribution is 2.26. The minimum Gasteiger partial charge on any atom is -0.365 e. The Morgan fingerprint density at radius 2 is 1.90 bits per heavy atom. The van der Waals surface area contributed by atoms with E-state index in [1.54, 1.807) is 0 Å². The maximum absolute atomic E-state index is 4.79. The standard InChI is InChI=1S/C21H32N8/c1-21(2,3)29-14-16(13-22-29)24-20-25-19(18-7-6-12-28(18)26-20)23-15-8-10-17(11-9-15)27(4)5/h6-7,12-15,17H,8-11H2,1-5H3,(H2,23,24,25,26). The van der Waals surface area contributed by atoms with E-state index in [0.29, 0.717) is 18.0 Å². The topological polar surface area (TPSA) is 75.3 Å². The van der Waals surface area contributed by atoms with Crippen LogP contribution in [-0.2, 0) is 5.54 Å². The van der Waals surface area contributed by atoms with Crippen molar-refractivity contribution < 1.29 is 0 Å². The lowest BCUT2D eigenvalue weighted by atomic mass is 9.90. The highest BCUT2D eigenvalue weighted by Gasteiger charge is 2.23. The van der Waals surface area contributed by atoms with Crippen molar-refractivity contribution in [3.05, 3.63) is 30.7 Å². The van der Waals surface area contributed by atoms with Crippen molar-refractivity contribution in [1.82, 2.24) is 29.3 Å². The fourth-order valence-electron chi connectivity index (χ4n) is 3.91. The molecule has 1 fully saturated rings. The summed E-state index contributed by atoms with van der Waals surface area (Å²) in [6.45, 7) is 6.37. The van der Waals surface area contributed by atoms with E-state index in [1.165, 1.54) is 12.8 Å². The lowest BCUT2D eigenvalue weighted by Gasteiger charge is -2.33. The molecule has 8 nitrogen and oxygen atoms in total. The van der Waals surface area contributed by atoms with Gasteiger partial charge >= 0.3 is 0 Å². The molecule has 0 atom stereocenters. The average molecular weight is 397 g/mol. The molecule has 0 unspecified atom stereocenters. The maximum atomic E-state index is 4.79. The minimum atomic E-state index is -0.0662. The SMILES string of the molecule is CN(C)C1CCC(Nc2nc(Nc3cnn(C(C)(C)C)c3)nn3cccc23)CC1. The van der Waals surface area contributed by atoms with E-state index in [2.05, 4.69) is 66.7 Å². The van der Waals surface area contributed by atoms with Crippen LogP contribution in [0.15, 0.2) is 30.7 Å². The van der Waals surface area contributed by atoms with Gasteiger partial charge in [-0.1, -0.05) is 0 Å². The second-order valence-electron chi connectivity index (χ2n) is 9.20. The van der Waals surface area contributed by atoms with Gasteiger partial charge in [-0.3, -0.25) is 4.68 Å². The molecule has 0 aliphatic heterocycles. The van der Waals surface area contributed by atoms with Gasteiger partial charge in [-0.15, -0.1) is 5.10 Å². The Morgan fingerprint density at radius 1 is 1.14 bits per heavy atom. The quantitative estimate of drug-likeness (QED) is 0.685. The van der Waals surface area contributed by atoms with Crippen LogP contribution in [0.25, 0.3) is 5.52 Å². The highest BCUT2D eigenvalue weighted by atomic mass is 15.3. The molecule has 1 aliphatic rings. The normalized spacial score (nSPS) is 20.3. The monoisotopic (exact) mass is 396 g/mol. The molecule has 2 N–H and O–H groups in total. The fourth-order valence-corrected chi connectivity index (χ4v) is 3.91. The third kappa shape index (κ3) is 4.37. The summed E-state index contributed by atoms with van der Waals surface area (Å²) < 4.78 is 3.81. The van der Waals surface area contributed by atoms with E-state index >= 15 is 0 Å². The molecular formula is C21H32N8. The summed E-state index contributed by atoms with van der Waals surface area (Å²) in [7, 11) is 4.35. The van der Waals surface area contributed by atoms with Gasteiger partial charge in [-0.2, -0.15) is 10.1 Å². The van der Waals surface area contributed by atoms with Gasteiger partial charge < -0.3 is 15.5 Å². The number of anilines is 3. The van der Waals surface area contributed by atoms with Crippen molar-refractivity contribution >= 4 is 23.0 Å². The first-order valence-electron chi connectivity index (χ1n) is 10.4. The molecule has 0 aromatic carbocycles. The first-order chi connectivity index (χ1) is 13.8. The third-order valence-electron chi connectivity index (χ3n) is 5.68. The molecule has 156 valence electrons. The number of aromatic nitrogens is 5. The second kappa shape index (κ2) is 7.67. The first kappa shape index (κ1) is 19.7. The van der Waals surface area contributed by atoms with Crippen LogP contribution in [-0.4, -0.2) is 55.5 Å². The molecule has 3 aromatic rings. The van der Waals surface area contributed by atoms with Crippen LogP contribution in [0.5, 0.6) is 0 Å². The zero-order valence-electron chi connectivity index (χ0n) is 18.1. The zero-order chi connectivity index (χ0) is 20.6. The average Bonchev–Trinajstić information content (AvgIpc) is 3.31. The van der Waals surface area contributed by atoms with Gasteiger partial charge in [0.25, 0.3) is 0 Å². The molecule has 3 heterocycles. The van der Waals surface area contributed by atoms with E-state index in [4.69, 9.17) is 4.98 Å². The fraction of sp³-hybridized carbons (Fsp3) is 0.571. The van der Waals surface area contributed by atoms with E-state index in [0.717, 1.165) is 29.9 Å². The Bertz CT molecular complexity index is 957. The second-order valence-corrected chi connectivity index (χ2v) is 9.20. The van der Waals surface area contributed by atoms with Gasteiger partial charge in [0.1, 0.15) is 5.52 Å². The molecule has 0 spiro atoms. The van der Waals surface area contributed by atoms with Crippen LogP contribution >= 0.6 is 0 Å². The minimum absolute atomic E-state index is 0.0662. The molecule has 3 aromatic heterocycles. The number of hydrogen-bond acceptors (Lipinski definition) is 6. The number of fused-ring (bicyclic) bond motifs is 1. The Hall–Kier alpha value is -2.61. The van der Waals surface area contributed by atoms with Crippen molar-refractivity contribution in [2.24, 2.45) is 0 Å². The molecule has 0 radical (unpaired) electrons. The lowest BCUT2D eigenvalue weighted by Crippen LogP contribution is -2.36. The molecule has 0 saturated heterocycles. The van der Waals surface area contributed by atoms with Gasteiger partial charge in [0, 0.05) is 24.5 Å². The number of hydrogen-bond donors (Lipinski definition) is 2. The smallest absolute Gasteiger partial charge is 0.247 e. The highest BCUT2D eigenvalue weighted by molar-refractivity contribution is 5.69. The van der Waals surface area contributed by atoms with E-state index < -0.39 is 0 Å². The number of nitrogens with one attached hydrogen (secondary N) is 2. The van der Waals surface area contributed by atoms with Crippen LogP contribution < -0.4 is 10.6 Å². The molecule has 0 bridgehead atoms. The summed E-state index contributed by atoms with van der Waals surface area (Å²) in [5.74, 6) is 1.44. The molecule has 0 amide bonds. The van der Waals surface area contributed by atoms with Crippen LogP contribution in [0, 0.1) is 0 Å². The largest absolute Gasteiger partial charge is 0.365 e. The molecule has 1 saturated carbocycles. The molecular weight excluding hydrogens is 364 g/mol. The molecule has 29 heavy (non-hydrogen) atoms. The van der Waals surface area contributed by atoms with Crippen LogP contribution in [0.4, 0.5) is 17.5 Å². The van der Waals surface area contributed by atoms with Gasteiger partial charge in [-0.25, -0.2) is 4.52 Å². The van der Waals surface area contributed by atoms with Crippen molar-refractivity contribution in [2.75, 3.05) is 24.7 Å². The lowest BCUT2D eigenvalue weighted by molar-refractivity contribution is 0.221. The number of nitrogens with zero attached hydrogens (tertiary/aromatic N) is 6. The van der Waals surface area contributed by atoms with E-state index in [9.17, 15) is 0 Å². The number of rotatable bonds is 5. The van der Waals surface area contributed by atoms with Gasteiger partial charge in [-0.05, 0) is 72.7 Å². The Labute approximate surface area is 172 Å².